The van der Waals surface area contributed by atoms with E-state index in [0.29, 0.717) is 19.8 Å². The predicted octanol–water partition coefficient (Wildman–Crippen LogP) is 1.62. The van der Waals surface area contributed by atoms with Gasteiger partial charge < -0.3 is 20.5 Å². The molecule has 3 N–H and O–H groups in total. The number of piperidine rings is 1. The van der Waals surface area contributed by atoms with Crippen molar-refractivity contribution >= 4 is 0 Å². The highest BCUT2D eigenvalue weighted by Crippen LogP contribution is 2.19. The molecule has 1 saturated heterocycles. The van der Waals surface area contributed by atoms with Crippen molar-refractivity contribution in [2.45, 2.75) is 32.0 Å². The molecule has 1 unspecified atom stereocenters. The van der Waals surface area contributed by atoms with Crippen molar-refractivity contribution in [3.05, 3.63) is 35.9 Å². The summed E-state index contributed by atoms with van der Waals surface area (Å²) >= 11 is 0. The fourth-order valence-corrected chi connectivity index (χ4v) is 2.93. The van der Waals surface area contributed by atoms with Crippen molar-refractivity contribution < 1.29 is 9.84 Å². The smallest absolute Gasteiger partial charge is 0.0900 e. The van der Waals surface area contributed by atoms with Crippen molar-refractivity contribution in [2.24, 2.45) is 11.7 Å². The van der Waals surface area contributed by atoms with E-state index in [1.54, 1.807) is 0 Å². The molecule has 21 heavy (non-hydrogen) atoms. The molecule has 1 heterocycles. The van der Waals surface area contributed by atoms with Gasteiger partial charge >= 0.3 is 0 Å². The maximum Gasteiger partial charge on any atom is 0.0900 e. The van der Waals surface area contributed by atoms with E-state index in [9.17, 15) is 5.11 Å². The number of β-amino-alcohol motifs (C(OH)–C–C–N with tert-alkyl or cyclic N) is 1. The predicted molar refractivity (Wildman–Crippen MR) is 84.9 cm³/mol. The minimum atomic E-state index is -0.403. The molecule has 0 aromatic heterocycles. The van der Waals surface area contributed by atoms with E-state index >= 15 is 0 Å². The summed E-state index contributed by atoms with van der Waals surface area (Å²) < 4.78 is 5.59. The summed E-state index contributed by atoms with van der Waals surface area (Å²) in [6.45, 7) is 4.61. The lowest BCUT2D eigenvalue weighted by molar-refractivity contribution is 0.00434. The van der Waals surface area contributed by atoms with E-state index in [-0.39, 0.29) is 0 Å². The number of nitrogens with two attached hydrogens (primary N) is 1. The first-order chi connectivity index (χ1) is 10.3. The largest absolute Gasteiger partial charge is 0.389 e. The van der Waals surface area contributed by atoms with Gasteiger partial charge in [-0.25, -0.2) is 0 Å². The number of aliphatic hydroxyl groups is 1. The molecular formula is C17H28N2O2. The van der Waals surface area contributed by atoms with Gasteiger partial charge in [0.2, 0.25) is 0 Å². The minimum Gasteiger partial charge on any atom is -0.389 e. The van der Waals surface area contributed by atoms with E-state index < -0.39 is 6.10 Å². The number of rotatable bonds is 8. The first-order valence-corrected chi connectivity index (χ1v) is 8.00. The summed E-state index contributed by atoms with van der Waals surface area (Å²) in [6.07, 6.45) is 3.14. The Kier molecular flexibility index (Phi) is 7.16. The highest BCUT2D eigenvalue weighted by Gasteiger charge is 2.20. The van der Waals surface area contributed by atoms with Crippen LogP contribution in [0.5, 0.6) is 0 Å². The summed E-state index contributed by atoms with van der Waals surface area (Å²) in [6, 6.07) is 10.1. The van der Waals surface area contributed by atoms with Gasteiger partial charge in [0.25, 0.3) is 0 Å². The average Bonchev–Trinajstić information content (AvgIpc) is 2.51. The summed E-state index contributed by atoms with van der Waals surface area (Å²) in [7, 11) is 0. The first kappa shape index (κ1) is 16.4. The molecule has 118 valence electrons. The zero-order valence-electron chi connectivity index (χ0n) is 12.8. The summed E-state index contributed by atoms with van der Waals surface area (Å²) in [4.78, 5) is 2.34. The molecule has 0 saturated carbocycles. The molecule has 1 fully saturated rings. The van der Waals surface area contributed by atoms with Crippen LogP contribution in [0.4, 0.5) is 0 Å². The van der Waals surface area contributed by atoms with Gasteiger partial charge in [0, 0.05) is 6.54 Å². The Morgan fingerprint density at radius 2 is 1.95 bits per heavy atom. The number of hydrogen-bond donors (Lipinski definition) is 2. The number of aliphatic hydroxyl groups excluding tert-OH is 1. The number of nitrogens with zero attached hydrogens (tertiary/aromatic N) is 1. The van der Waals surface area contributed by atoms with Crippen LogP contribution in [-0.2, 0) is 11.3 Å². The topological polar surface area (TPSA) is 58.7 Å². The van der Waals surface area contributed by atoms with Gasteiger partial charge in [-0.3, -0.25) is 0 Å². The summed E-state index contributed by atoms with van der Waals surface area (Å²) in [5.41, 5.74) is 6.75. The second-order valence-electron chi connectivity index (χ2n) is 5.98. The zero-order chi connectivity index (χ0) is 14.9. The zero-order valence-corrected chi connectivity index (χ0v) is 12.8. The molecule has 0 amide bonds. The highest BCUT2D eigenvalue weighted by atomic mass is 16.5. The van der Waals surface area contributed by atoms with Crippen LogP contribution in [0.2, 0.25) is 0 Å². The van der Waals surface area contributed by atoms with E-state index in [2.05, 4.69) is 4.90 Å². The number of ether oxygens (including phenoxy) is 1. The molecule has 1 atom stereocenters. The van der Waals surface area contributed by atoms with Crippen LogP contribution in [0.3, 0.4) is 0 Å². The molecule has 4 heteroatoms. The fourth-order valence-electron chi connectivity index (χ4n) is 2.93. The molecule has 0 spiro atoms. The summed E-state index contributed by atoms with van der Waals surface area (Å²) in [5.74, 6) is 0.776. The van der Waals surface area contributed by atoms with Crippen molar-refractivity contribution in [2.75, 3.05) is 32.8 Å². The molecule has 4 nitrogen and oxygen atoms in total. The van der Waals surface area contributed by atoms with Gasteiger partial charge in [0.15, 0.2) is 0 Å². The van der Waals surface area contributed by atoms with Crippen LogP contribution in [0, 0.1) is 5.92 Å². The molecular weight excluding hydrogens is 264 g/mol. The van der Waals surface area contributed by atoms with E-state index in [1.165, 1.54) is 12.8 Å². The van der Waals surface area contributed by atoms with Crippen molar-refractivity contribution in [1.82, 2.24) is 4.90 Å². The third-order valence-corrected chi connectivity index (χ3v) is 4.17. The molecule has 0 radical (unpaired) electrons. The Balaban J connectivity index is 1.58. The van der Waals surface area contributed by atoms with Gasteiger partial charge in [-0.05, 0) is 50.4 Å². The van der Waals surface area contributed by atoms with Crippen molar-refractivity contribution in [3.63, 3.8) is 0 Å². The van der Waals surface area contributed by atoms with Crippen LogP contribution in [0.1, 0.15) is 24.8 Å². The normalized spacial score (nSPS) is 18.8. The lowest BCUT2D eigenvalue weighted by atomic mass is 9.93. The maximum absolute atomic E-state index is 10.1. The number of likely N-dealkylation sites (tertiary alicyclic amines) is 1. The van der Waals surface area contributed by atoms with E-state index in [1.807, 2.05) is 30.3 Å². The van der Waals surface area contributed by atoms with Crippen LogP contribution >= 0.6 is 0 Å². The molecule has 0 bridgehead atoms. The quantitative estimate of drug-likeness (QED) is 0.764. The van der Waals surface area contributed by atoms with E-state index in [0.717, 1.165) is 37.5 Å². The Morgan fingerprint density at radius 1 is 1.24 bits per heavy atom. The van der Waals surface area contributed by atoms with Gasteiger partial charge in [-0.1, -0.05) is 30.3 Å². The Bertz CT molecular complexity index is 378. The lowest BCUT2D eigenvalue weighted by Crippen LogP contribution is -2.40. The Labute approximate surface area is 127 Å². The number of benzene rings is 1. The molecule has 1 aliphatic heterocycles. The third-order valence-electron chi connectivity index (χ3n) is 4.17. The maximum atomic E-state index is 10.1. The lowest BCUT2D eigenvalue weighted by Gasteiger charge is -2.33. The Morgan fingerprint density at radius 3 is 2.62 bits per heavy atom. The van der Waals surface area contributed by atoms with Crippen molar-refractivity contribution in [1.29, 1.82) is 0 Å². The molecule has 1 aromatic carbocycles. The SMILES string of the molecule is NCCC1CCN(CC(O)COCc2ccccc2)CC1. The van der Waals surface area contributed by atoms with Gasteiger partial charge in [0.1, 0.15) is 0 Å². The molecule has 2 rings (SSSR count). The molecule has 1 aliphatic rings. The van der Waals surface area contributed by atoms with E-state index in [4.69, 9.17) is 10.5 Å². The minimum absolute atomic E-state index is 0.400. The van der Waals surface area contributed by atoms with Crippen LogP contribution in [0.15, 0.2) is 30.3 Å². The van der Waals surface area contributed by atoms with Gasteiger partial charge in [0.05, 0.1) is 19.3 Å². The Hall–Kier alpha value is -0.940. The monoisotopic (exact) mass is 292 g/mol. The third kappa shape index (κ3) is 6.14. The highest BCUT2D eigenvalue weighted by molar-refractivity contribution is 5.13. The van der Waals surface area contributed by atoms with Crippen LogP contribution in [-0.4, -0.2) is 48.9 Å². The second-order valence-corrected chi connectivity index (χ2v) is 5.98. The van der Waals surface area contributed by atoms with Crippen LogP contribution < -0.4 is 5.73 Å². The van der Waals surface area contributed by atoms with Gasteiger partial charge in [-0.2, -0.15) is 0 Å². The van der Waals surface area contributed by atoms with Crippen molar-refractivity contribution in [3.8, 4) is 0 Å². The van der Waals surface area contributed by atoms with Gasteiger partial charge in [-0.15, -0.1) is 0 Å². The summed E-state index contributed by atoms with van der Waals surface area (Å²) in [5, 5.41) is 10.1. The average molecular weight is 292 g/mol. The molecule has 1 aromatic rings. The first-order valence-electron chi connectivity index (χ1n) is 8.00. The molecule has 0 aliphatic carbocycles. The fraction of sp³-hybridized carbons (Fsp3) is 0.647. The second kappa shape index (κ2) is 9.15. The number of hydrogen-bond acceptors (Lipinski definition) is 4. The van der Waals surface area contributed by atoms with Crippen LogP contribution in [0.25, 0.3) is 0 Å². The standard InChI is InChI=1S/C17H28N2O2/c18-9-6-15-7-10-19(11-8-15)12-17(20)14-21-13-16-4-2-1-3-5-16/h1-5,15,17,20H,6-14,18H2.